The van der Waals surface area contributed by atoms with Crippen LogP contribution in [0.1, 0.15) is 50.2 Å². The zero-order valence-corrected chi connectivity index (χ0v) is 11.4. The molecule has 2 rings (SSSR count). The maximum atomic E-state index is 10.2. The van der Waals surface area contributed by atoms with E-state index in [9.17, 15) is 5.11 Å². The Morgan fingerprint density at radius 3 is 2.94 bits per heavy atom. The molecule has 0 aliphatic heterocycles. The van der Waals surface area contributed by atoms with Crippen molar-refractivity contribution in [3.63, 3.8) is 0 Å². The van der Waals surface area contributed by atoms with Gasteiger partial charge in [0.2, 0.25) is 0 Å². The standard InChI is InChI=1S/C16H24O2/c1-3-18-12(2)16(17)11-14-9-6-8-13-7-4-5-10-15(13)14/h4-5,7,10,12,14,16-17H,3,6,8-9,11H2,1-2H3. The number of aliphatic hydroxyl groups excluding tert-OH is 1. The fourth-order valence-electron chi connectivity index (χ4n) is 2.96. The van der Waals surface area contributed by atoms with Gasteiger partial charge in [-0.25, -0.2) is 0 Å². The van der Waals surface area contributed by atoms with E-state index in [-0.39, 0.29) is 12.2 Å². The van der Waals surface area contributed by atoms with Crippen LogP contribution in [-0.4, -0.2) is 23.9 Å². The van der Waals surface area contributed by atoms with Crippen molar-refractivity contribution in [2.45, 2.75) is 57.7 Å². The van der Waals surface area contributed by atoms with Gasteiger partial charge in [-0.1, -0.05) is 24.3 Å². The van der Waals surface area contributed by atoms with E-state index in [0.29, 0.717) is 12.5 Å². The smallest absolute Gasteiger partial charge is 0.0805 e. The Morgan fingerprint density at radius 2 is 2.17 bits per heavy atom. The van der Waals surface area contributed by atoms with Gasteiger partial charge in [0.15, 0.2) is 0 Å². The van der Waals surface area contributed by atoms with Gasteiger partial charge < -0.3 is 9.84 Å². The first kappa shape index (κ1) is 13.6. The van der Waals surface area contributed by atoms with Gasteiger partial charge in [-0.05, 0) is 56.6 Å². The lowest BCUT2D eigenvalue weighted by molar-refractivity contribution is -0.0281. The summed E-state index contributed by atoms with van der Waals surface area (Å²) in [7, 11) is 0. The highest BCUT2D eigenvalue weighted by Gasteiger charge is 2.25. The predicted molar refractivity (Wildman–Crippen MR) is 73.8 cm³/mol. The Balaban J connectivity index is 2.02. The van der Waals surface area contributed by atoms with Crippen molar-refractivity contribution in [2.75, 3.05) is 6.61 Å². The molecule has 1 aliphatic rings. The van der Waals surface area contributed by atoms with Crippen LogP contribution in [0.5, 0.6) is 0 Å². The van der Waals surface area contributed by atoms with E-state index in [0.717, 1.165) is 6.42 Å². The lowest BCUT2D eigenvalue weighted by Gasteiger charge is -2.29. The molecule has 3 unspecified atom stereocenters. The first-order valence-electron chi connectivity index (χ1n) is 7.09. The van der Waals surface area contributed by atoms with Crippen molar-refractivity contribution >= 4 is 0 Å². The Kier molecular flexibility index (Phi) is 4.79. The number of aryl methyl sites for hydroxylation is 1. The third kappa shape index (κ3) is 3.12. The summed E-state index contributed by atoms with van der Waals surface area (Å²) >= 11 is 0. The van der Waals surface area contributed by atoms with Crippen LogP contribution in [0.3, 0.4) is 0 Å². The number of benzene rings is 1. The largest absolute Gasteiger partial charge is 0.390 e. The number of fused-ring (bicyclic) bond motifs is 1. The highest BCUT2D eigenvalue weighted by molar-refractivity contribution is 5.32. The van der Waals surface area contributed by atoms with Crippen LogP contribution in [0.4, 0.5) is 0 Å². The summed E-state index contributed by atoms with van der Waals surface area (Å²) in [5.41, 5.74) is 2.90. The molecule has 0 aromatic heterocycles. The fourth-order valence-corrected chi connectivity index (χ4v) is 2.96. The zero-order valence-electron chi connectivity index (χ0n) is 11.4. The molecule has 0 bridgehead atoms. The summed E-state index contributed by atoms with van der Waals surface area (Å²) in [4.78, 5) is 0. The van der Waals surface area contributed by atoms with Crippen molar-refractivity contribution in [1.82, 2.24) is 0 Å². The molecule has 1 aliphatic carbocycles. The molecule has 0 saturated heterocycles. The minimum absolute atomic E-state index is 0.0657. The Labute approximate surface area is 110 Å². The fraction of sp³-hybridized carbons (Fsp3) is 0.625. The molecule has 1 aromatic rings. The van der Waals surface area contributed by atoms with Gasteiger partial charge in [0.25, 0.3) is 0 Å². The van der Waals surface area contributed by atoms with Crippen LogP contribution in [0.2, 0.25) is 0 Å². The molecule has 18 heavy (non-hydrogen) atoms. The second kappa shape index (κ2) is 6.35. The van der Waals surface area contributed by atoms with Crippen molar-refractivity contribution < 1.29 is 9.84 Å². The van der Waals surface area contributed by atoms with E-state index in [4.69, 9.17) is 4.74 Å². The van der Waals surface area contributed by atoms with Crippen molar-refractivity contribution in [2.24, 2.45) is 0 Å². The van der Waals surface area contributed by atoms with Gasteiger partial charge in [0.05, 0.1) is 12.2 Å². The van der Waals surface area contributed by atoms with Crippen LogP contribution >= 0.6 is 0 Å². The molecule has 0 saturated carbocycles. The summed E-state index contributed by atoms with van der Waals surface area (Å²) in [5, 5.41) is 10.2. The molecule has 100 valence electrons. The average molecular weight is 248 g/mol. The predicted octanol–water partition coefficient (Wildman–Crippen LogP) is 3.28. The molecular formula is C16H24O2. The molecule has 0 amide bonds. The molecule has 0 spiro atoms. The molecule has 0 fully saturated rings. The van der Waals surface area contributed by atoms with Crippen LogP contribution in [0.25, 0.3) is 0 Å². The van der Waals surface area contributed by atoms with Crippen molar-refractivity contribution in [3.8, 4) is 0 Å². The zero-order chi connectivity index (χ0) is 13.0. The quantitative estimate of drug-likeness (QED) is 0.866. The van der Waals surface area contributed by atoms with Crippen molar-refractivity contribution in [1.29, 1.82) is 0 Å². The summed E-state index contributed by atoms with van der Waals surface area (Å²) in [6.07, 6.45) is 4.00. The molecule has 1 aromatic carbocycles. The van der Waals surface area contributed by atoms with E-state index in [1.54, 1.807) is 0 Å². The average Bonchev–Trinajstić information content (AvgIpc) is 2.39. The number of aliphatic hydroxyl groups is 1. The summed E-state index contributed by atoms with van der Waals surface area (Å²) in [6, 6.07) is 8.66. The first-order chi connectivity index (χ1) is 8.72. The lowest BCUT2D eigenvalue weighted by atomic mass is 9.79. The number of ether oxygens (including phenoxy) is 1. The molecule has 0 radical (unpaired) electrons. The van der Waals surface area contributed by atoms with Crippen LogP contribution in [0.15, 0.2) is 24.3 Å². The Bertz CT molecular complexity index is 375. The third-order valence-electron chi connectivity index (χ3n) is 3.99. The van der Waals surface area contributed by atoms with Crippen LogP contribution < -0.4 is 0 Å². The maximum absolute atomic E-state index is 10.2. The maximum Gasteiger partial charge on any atom is 0.0805 e. The summed E-state index contributed by atoms with van der Waals surface area (Å²) < 4.78 is 5.48. The monoisotopic (exact) mass is 248 g/mol. The van der Waals surface area contributed by atoms with E-state index in [1.807, 2.05) is 13.8 Å². The number of hydrogen-bond donors (Lipinski definition) is 1. The van der Waals surface area contributed by atoms with Crippen LogP contribution in [-0.2, 0) is 11.2 Å². The molecule has 2 heteroatoms. The summed E-state index contributed by atoms with van der Waals surface area (Å²) in [6.45, 7) is 4.60. The van der Waals surface area contributed by atoms with E-state index >= 15 is 0 Å². The van der Waals surface area contributed by atoms with Gasteiger partial charge in [-0.15, -0.1) is 0 Å². The third-order valence-corrected chi connectivity index (χ3v) is 3.99. The van der Waals surface area contributed by atoms with E-state index in [2.05, 4.69) is 24.3 Å². The topological polar surface area (TPSA) is 29.5 Å². The second-order valence-electron chi connectivity index (χ2n) is 5.25. The highest BCUT2D eigenvalue weighted by Crippen LogP contribution is 2.35. The number of hydrogen-bond acceptors (Lipinski definition) is 2. The van der Waals surface area contributed by atoms with Gasteiger partial charge in [-0.3, -0.25) is 0 Å². The van der Waals surface area contributed by atoms with E-state index < -0.39 is 0 Å². The molecule has 3 atom stereocenters. The number of rotatable bonds is 5. The minimum atomic E-state index is -0.360. The lowest BCUT2D eigenvalue weighted by Crippen LogP contribution is -2.28. The SMILES string of the molecule is CCOC(C)C(O)CC1CCCc2ccccc21. The Morgan fingerprint density at radius 1 is 1.39 bits per heavy atom. The van der Waals surface area contributed by atoms with Gasteiger partial charge in [-0.2, -0.15) is 0 Å². The highest BCUT2D eigenvalue weighted by atomic mass is 16.5. The van der Waals surface area contributed by atoms with E-state index in [1.165, 1.54) is 30.4 Å². The van der Waals surface area contributed by atoms with Gasteiger partial charge >= 0.3 is 0 Å². The minimum Gasteiger partial charge on any atom is -0.390 e. The van der Waals surface area contributed by atoms with Gasteiger partial charge in [0, 0.05) is 6.61 Å². The molecular weight excluding hydrogens is 224 g/mol. The molecule has 1 N–H and O–H groups in total. The normalized spacial score (nSPS) is 22.3. The van der Waals surface area contributed by atoms with Gasteiger partial charge in [0.1, 0.15) is 0 Å². The summed E-state index contributed by atoms with van der Waals surface area (Å²) in [5.74, 6) is 0.493. The molecule has 2 nitrogen and oxygen atoms in total. The van der Waals surface area contributed by atoms with Crippen molar-refractivity contribution in [3.05, 3.63) is 35.4 Å². The molecule has 0 heterocycles. The van der Waals surface area contributed by atoms with Crippen LogP contribution in [0, 0.1) is 0 Å². The Hall–Kier alpha value is -0.860. The second-order valence-corrected chi connectivity index (χ2v) is 5.25. The first-order valence-corrected chi connectivity index (χ1v) is 7.09.